The Labute approximate surface area is 98.9 Å². The van der Waals surface area contributed by atoms with Gasteiger partial charge in [0.25, 0.3) is 0 Å². The van der Waals surface area contributed by atoms with Crippen LogP contribution >= 0.6 is 0 Å². The molecule has 0 amide bonds. The molecule has 0 aromatic carbocycles. The summed E-state index contributed by atoms with van der Waals surface area (Å²) < 4.78 is 5.19. The highest BCUT2D eigenvalue weighted by Gasteiger charge is 2.15. The molecule has 1 rings (SSSR count). The third-order valence-corrected chi connectivity index (χ3v) is 3.11. The minimum atomic E-state index is -0.0179. The number of esters is 1. The summed E-state index contributed by atoms with van der Waals surface area (Å²) in [6.45, 7) is 7.15. The summed E-state index contributed by atoms with van der Waals surface area (Å²) >= 11 is 0. The van der Waals surface area contributed by atoms with Crippen LogP contribution < -0.4 is 5.32 Å². The van der Waals surface area contributed by atoms with Crippen LogP contribution in [0.4, 0.5) is 0 Å². The summed E-state index contributed by atoms with van der Waals surface area (Å²) in [6.07, 6.45) is 4.92. The number of rotatable bonds is 7. The van der Waals surface area contributed by atoms with Crippen LogP contribution in [0.3, 0.4) is 0 Å². The van der Waals surface area contributed by atoms with Crippen molar-refractivity contribution in [3.05, 3.63) is 0 Å². The Balaban J connectivity index is 1.94. The van der Waals surface area contributed by atoms with Crippen molar-refractivity contribution in [1.29, 1.82) is 0 Å². The maximum absolute atomic E-state index is 11.4. The van der Waals surface area contributed by atoms with Gasteiger partial charge in [0.1, 0.15) is 0 Å². The molecule has 0 aliphatic carbocycles. The van der Waals surface area contributed by atoms with Gasteiger partial charge < -0.3 is 10.1 Å². The lowest BCUT2D eigenvalue weighted by molar-refractivity contribution is -0.144. The van der Waals surface area contributed by atoms with E-state index >= 15 is 0 Å². The molecule has 0 spiro atoms. The summed E-state index contributed by atoms with van der Waals surface area (Å²) in [5.74, 6) is 1.36. The van der Waals surface area contributed by atoms with Crippen LogP contribution in [0.5, 0.6) is 0 Å². The van der Waals surface area contributed by atoms with Gasteiger partial charge >= 0.3 is 5.97 Å². The van der Waals surface area contributed by atoms with Crippen LogP contribution in [-0.4, -0.2) is 25.7 Å². The topological polar surface area (TPSA) is 38.3 Å². The van der Waals surface area contributed by atoms with Gasteiger partial charge in [-0.25, -0.2) is 0 Å². The van der Waals surface area contributed by atoms with Crippen molar-refractivity contribution in [2.45, 2.75) is 46.0 Å². The maximum Gasteiger partial charge on any atom is 0.305 e. The summed E-state index contributed by atoms with van der Waals surface area (Å²) in [4.78, 5) is 11.4. The highest BCUT2D eigenvalue weighted by atomic mass is 16.5. The van der Waals surface area contributed by atoms with E-state index in [-0.39, 0.29) is 5.97 Å². The van der Waals surface area contributed by atoms with Gasteiger partial charge in [0.05, 0.1) is 6.61 Å². The van der Waals surface area contributed by atoms with E-state index in [0.29, 0.717) is 24.9 Å². The summed E-state index contributed by atoms with van der Waals surface area (Å²) in [5.41, 5.74) is 0. The first-order valence-electron chi connectivity index (χ1n) is 6.55. The molecule has 0 bridgehead atoms. The van der Waals surface area contributed by atoms with Crippen LogP contribution in [0.2, 0.25) is 0 Å². The predicted octanol–water partition coefficient (Wildman–Crippen LogP) is 2.36. The Morgan fingerprint density at radius 3 is 2.94 bits per heavy atom. The van der Waals surface area contributed by atoms with Crippen molar-refractivity contribution in [1.82, 2.24) is 5.32 Å². The summed E-state index contributed by atoms with van der Waals surface area (Å²) in [6, 6.07) is 0. The molecule has 1 saturated heterocycles. The fourth-order valence-corrected chi connectivity index (χ4v) is 2.03. The van der Waals surface area contributed by atoms with E-state index in [1.165, 1.54) is 6.42 Å². The molecule has 1 aliphatic heterocycles. The van der Waals surface area contributed by atoms with E-state index in [1.54, 1.807) is 0 Å². The van der Waals surface area contributed by atoms with Crippen molar-refractivity contribution < 1.29 is 9.53 Å². The van der Waals surface area contributed by atoms with Crippen molar-refractivity contribution >= 4 is 5.97 Å². The highest BCUT2D eigenvalue weighted by Crippen LogP contribution is 2.14. The Morgan fingerprint density at radius 2 is 2.31 bits per heavy atom. The van der Waals surface area contributed by atoms with Crippen LogP contribution in [-0.2, 0) is 9.53 Å². The van der Waals surface area contributed by atoms with Crippen LogP contribution in [0.1, 0.15) is 46.0 Å². The van der Waals surface area contributed by atoms with Crippen LogP contribution in [0.25, 0.3) is 0 Å². The zero-order valence-electron chi connectivity index (χ0n) is 10.6. The molecular formula is C13H25NO2. The molecule has 16 heavy (non-hydrogen) atoms. The number of hydrogen-bond donors (Lipinski definition) is 1. The molecule has 0 radical (unpaired) electrons. The molecule has 3 heteroatoms. The van der Waals surface area contributed by atoms with E-state index in [4.69, 9.17) is 4.74 Å². The average Bonchev–Trinajstić information content (AvgIpc) is 2.74. The Bertz CT molecular complexity index is 198. The molecule has 0 aromatic heterocycles. The fraction of sp³-hybridized carbons (Fsp3) is 0.923. The second-order valence-corrected chi connectivity index (χ2v) is 5.15. The smallest absolute Gasteiger partial charge is 0.305 e. The monoisotopic (exact) mass is 227 g/mol. The molecule has 1 unspecified atom stereocenters. The second-order valence-electron chi connectivity index (χ2n) is 5.15. The number of ether oxygens (including phenoxy) is 1. The minimum absolute atomic E-state index is 0.0179. The number of carbonyl (C=O) groups is 1. The molecule has 0 aromatic rings. The summed E-state index contributed by atoms with van der Waals surface area (Å²) in [7, 11) is 0. The molecule has 1 atom stereocenters. The van der Waals surface area contributed by atoms with Crippen LogP contribution in [0.15, 0.2) is 0 Å². The van der Waals surface area contributed by atoms with Gasteiger partial charge in [0.15, 0.2) is 0 Å². The first kappa shape index (κ1) is 13.5. The van der Waals surface area contributed by atoms with Gasteiger partial charge in [-0.1, -0.05) is 13.8 Å². The zero-order chi connectivity index (χ0) is 11.8. The third-order valence-electron chi connectivity index (χ3n) is 3.11. The first-order valence-corrected chi connectivity index (χ1v) is 6.55. The van der Waals surface area contributed by atoms with Gasteiger partial charge in [-0.15, -0.1) is 0 Å². The van der Waals surface area contributed by atoms with Gasteiger partial charge in [-0.3, -0.25) is 4.79 Å². The molecular weight excluding hydrogens is 202 g/mol. The number of carbonyl (C=O) groups excluding carboxylic acids is 1. The van der Waals surface area contributed by atoms with Crippen molar-refractivity contribution in [2.75, 3.05) is 19.7 Å². The normalized spacial score (nSPS) is 20.3. The van der Waals surface area contributed by atoms with Crippen LogP contribution in [0, 0.1) is 11.8 Å². The lowest BCUT2D eigenvalue weighted by Crippen LogP contribution is -2.12. The standard InChI is InChI=1S/C13H25NO2/c1-11(2)4-3-9-16-13(15)6-5-12-7-8-14-10-12/h11-12,14H,3-10H2,1-2H3. The lowest BCUT2D eigenvalue weighted by Gasteiger charge is -2.08. The van der Waals surface area contributed by atoms with Gasteiger partial charge in [-0.2, -0.15) is 0 Å². The molecule has 3 nitrogen and oxygen atoms in total. The third kappa shape index (κ3) is 6.11. The molecule has 1 aliphatic rings. The van der Waals surface area contributed by atoms with E-state index in [1.807, 2.05) is 0 Å². The van der Waals surface area contributed by atoms with E-state index in [9.17, 15) is 4.79 Å². The molecule has 1 heterocycles. The highest BCUT2D eigenvalue weighted by molar-refractivity contribution is 5.69. The van der Waals surface area contributed by atoms with Crippen molar-refractivity contribution in [3.8, 4) is 0 Å². The summed E-state index contributed by atoms with van der Waals surface area (Å²) in [5, 5.41) is 3.31. The largest absolute Gasteiger partial charge is 0.466 e. The number of hydrogen-bond acceptors (Lipinski definition) is 3. The maximum atomic E-state index is 11.4. The second kappa shape index (κ2) is 7.66. The Morgan fingerprint density at radius 1 is 1.50 bits per heavy atom. The first-order chi connectivity index (χ1) is 7.68. The van der Waals surface area contributed by atoms with E-state index in [0.717, 1.165) is 32.4 Å². The van der Waals surface area contributed by atoms with Gasteiger partial charge in [0, 0.05) is 6.42 Å². The molecule has 0 saturated carbocycles. The minimum Gasteiger partial charge on any atom is -0.466 e. The Kier molecular flexibility index (Phi) is 6.46. The SMILES string of the molecule is CC(C)CCCOC(=O)CCC1CCNC1. The van der Waals surface area contributed by atoms with E-state index < -0.39 is 0 Å². The van der Waals surface area contributed by atoms with Gasteiger partial charge in [0.2, 0.25) is 0 Å². The number of nitrogens with one attached hydrogen (secondary N) is 1. The average molecular weight is 227 g/mol. The molecule has 1 N–H and O–H groups in total. The Hall–Kier alpha value is -0.570. The molecule has 94 valence electrons. The van der Waals surface area contributed by atoms with Crippen molar-refractivity contribution in [3.63, 3.8) is 0 Å². The lowest BCUT2D eigenvalue weighted by atomic mass is 10.0. The van der Waals surface area contributed by atoms with E-state index in [2.05, 4.69) is 19.2 Å². The fourth-order valence-electron chi connectivity index (χ4n) is 2.03. The van der Waals surface area contributed by atoms with Crippen molar-refractivity contribution in [2.24, 2.45) is 11.8 Å². The predicted molar refractivity (Wildman–Crippen MR) is 65.2 cm³/mol. The molecule has 1 fully saturated rings. The van der Waals surface area contributed by atoms with Gasteiger partial charge in [-0.05, 0) is 50.6 Å². The quantitative estimate of drug-likeness (QED) is 0.536. The zero-order valence-corrected chi connectivity index (χ0v) is 10.6.